The Labute approximate surface area is 125 Å². The van der Waals surface area contributed by atoms with E-state index in [9.17, 15) is 9.59 Å². The predicted molar refractivity (Wildman–Crippen MR) is 76.9 cm³/mol. The number of nitrogens with zero attached hydrogens (tertiary/aromatic N) is 4. The normalized spacial score (nSPS) is 10.6. The summed E-state index contributed by atoms with van der Waals surface area (Å²) in [6.07, 6.45) is 3.23. The molecule has 0 atom stereocenters. The van der Waals surface area contributed by atoms with Gasteiger partial charge in [-0.05, 0) is 5.56 Å². The Morgan fingerprint density at radius 2 is 2.09 bits per heavy atom. The van der Waals surface area contributed by atoms with Gasteiger partial charge in [-0.1, -0.05) is 30.3 Å². The van der Waals surface area contributed by atoms with E-state index < -0.39 is 11.6 Å². The molecular formula is C14H13N5O3. The van der Waals surface area contributed by atoms with Gasteiger partial charge in [0.25, 0.3) is 5.89 Å². The van der Waals surface area contributed by atoms with Gasteiger partial charge in [0.05, 0.1) is 6.20 Å². The molecule has 0 saturated carbocycles. The van der Waals surface area contributed by atoms with Crippen LogP contribution in [-0.4, -0.2) is 25.3 Å². The first-order valence-electron chi connectivity index (χ1n) is 6.54. The lowest BCUT2D eigenvalue weighted by Gasteiger charge is -2.00. The highest BCUT2D eigenvalue weighted by molar-refractivity contribution is 5.95. The van der Waals surface area contributed by atoms with Crippen LogP contribution in [-0.2, 0) is 13.5 Å². The van der Waals surface area contributed by atoms with Crippen molar-refractivity contribution in [1.82, 2.24) is 19.4 Å². The summed E-state index contributed by atoms with van der Waals surface area (Å²) in [6.45, 7) is 0. The van der Waals surface area contributed by atoms with E-state index in [1.54, 1.807) is 0 Å². The molecule has 0 fully saturated rings. The number of aryl methyl sites for hydroxylation is 1. The van der Waals surface area contributed by atoms with Gasteiger partial charge < -0.3 is 4.42 Å². The third-order valence-corrected chi connectivity index (χ3v) is 3.01. The third kappa shape index (κ3) is 2.80. The van der Waals surface area contributed by atoms with Crippen LogP contribution in [0.2, 0.25) is 0 Å². The second kappa shape index (κ2) is 5.68. The first kappa shape index (κ1) is 13.8. The summed E-state index contributed by atoms with van der Waals surface area (Å²) >= 11 is 0. The van der Waals surface area contributed by atoms with E-state index in [4.69, 9.17) is 4.42 Å². The number of hydrogen-bond donors (Lipinski definition) is 1. The third-order valence-electron chi connectivity index (χ3n) is 3.01. The molecule has 3 rings (SSSR count). The van der Waals surface area contributed by atoms with E-state index in [-0.39, 0.29) is 5.89 Å². The minimum atomic E-state index is -0.616. The molecule has 0 radical (unpaired) electrons. The van der Waals surface area contributed by atoms with Crippen molar-refractivity contribution < 1.29 is 9.21 Å². The van der Waals surface area contributed by atoms with E-state index in [2.05, 4.69) is 15.5 Å². The summed E-state index contributed by atoms with van der Waals surface area (Å²) in [6, 6.07) is 9.69. The minimum absolute atomic E-state index is 0.110. The van der Waals surface area contributed by atoms with Crippen molar-refractivity contribution in [3.8, 4) is 0 Å². The summed E-state index contributed by atoms with van der Waals surface area (Å²) in [5.74, 6) is -0.161. The SMILES string of the molecule is Cn1ncn(NC(=O)c2ncc(Cc3ccccc3)o2)c1=O. The molecule has 0 aliphatic rings. The fraction of sp³-hybridized carbons (Fsp3) is 0.143. The van der Waals surface area contributed by atoms with E-state index in [0.717, 1.165) is 14.9 Å². The summed E-state index contributed by atoms with van der Waals surface area (Å²) in [5.41, 5.74) is 2.93. The van der Waals surface area contributed by atoms with Crippen molar-refractivity contribution in [2.24, 2.45) is 7.05 Å². The molecule has 0 spiro atoms. The number of carbonyl (C=O) groups is 1. The minimum Gasteiger partial charge on any atom is -0.437 e. The summed E-state index contributed by atoms with van der Waals surface area (Å²) in [7, 11) is 1.48. The molecule has 0 unspecified atom stereocenters. The van der Waals surface area contributed by atoms with Crippen molar-refractivity contribution in [2.45, 2.75) is 6.42 Å². The molecular weight excluding hydrogens is 286 g/mol. The van der Waals surface area contributed by atoms with Crippen LogP contribution in [0.3, 0.4) is 0 Å². The zero-order chi connectivity index (χ0) is 15.5. The quantitative estimate of drug-likeness (QED) is 0.759. The van der Waals surface area contributed by atoms with Crippen molar-refractivity contribution in [1.29, 1.82) is 0 Å². The van der Waals surface area contributed by atoms with Gasteiger partial charge in [-0.25, -0.2) is 19.9 Å². The van der Waals surface area contributed by atoms with Crippen LogP contribution in [0.25, 0.3) is 0 Å². The number of aromatic nitrogens is 4. The monoisotopic (exact) mass is 299 g/mol. The molecule has 1 amide bonds. The number of rotatable bonds is 4. The molecule has 3 aromatic rings. The van der Waals surface area contributed by atoms with E-state index in [1.165, 1.54) is 19.6 Å². The average molecular weight is 299 g/mol. The number of nitrogens with one attached hydrogen (secondary N) is 1. The van der Waals surface area contributed by atoms with Crippen LogP contribution in [0.4, 0.5) is 0 Å². The van der Waals surface area contributed by atoms with Crippen LogP contribution >= 0.6 is 0 Å². The summed E-state index contributed by atoms with van der Waals surface area (Å²) in [4.78, 5) is 27.5. The number of oxazole rings is 1. The van der Waals surface area contributed by atoms with Gasteiger partial charge in [0.15, 0.2) is 0 Å². The standard InChI is InChI=1S/C14H13N5O3/c1-18-14(21)19(9-16-18)17-12(20)13-15-8-11(22-13)7-10-5-3-2-4-6-10/h2-6,8-9H,7H2,1H3,(H,17,20). The maximum absolute atomic E-state index is 12.0. The molecule has 8 heteroatoms. The number of benzene rings is 1. The van der Waals surface area contributed by atoms with Gasteiger partial charge in [-0.3, -0.25) is 4.79 Å². The van der Waals surface area contributed by atoms with Crippen LogP contribution in [0.5, 0.6) is 0 Å². The first-order chi connectivity index (χ1) is 10.6. The Morgan fingerprint density at radius 1 is 1.32 bits per heavy atom. The smallest absolute Gasteiger partial charge is 0.364 e. The predicted octanol–water partition coefficient (Wildman–Crippen LogP) is 0.544. The van der Waals surface area contributed by atoms with Crippen LogP contribution < -0.4 is 11.1 Å². The maximum atomic E-state index is 12.0. The van der Waals surface area contributed by atoms with E-state index in [0.29, 0.717) is 12.2 Å². The Hall–Kier alpha value is -3.16. The molecule has 0 aliphatic heterocycles. The fourth-order valence-electron chi connectivity index (χ4n) is 1.91. The Morgan fingerprint density at radius 3 is 2.77 bits per heavy atom. The zero-order valence-electron chi connectivity index (χ0n) is 11.8. The lowest BCUT2D eigenvalue weighted by Crippen LogP contribution is -2.33. The topological polar surface area (TPSA) is 95.0 Å². The van der Waals surface area contributed by atoms with Gasteiger partial charge in [0, 0.05) is 13.5 Å². The molecule has 8 nitrogen and oxygen atoms in total. The first-order valence-corrected chi connectivity index (χ1v) is 6.54. The molecule has 0 saturated heterocycles. The van der Waals surface area contributed by atoms with Crippen LogP contribution in [0, 0.1) is 0 Å². The number of amides is 1. The lowest BCUT2D eigenvalue weighted by atomic mass is 10.1. The molecule has 0 bridgehead atoms. The van der Waals surface area contributed by atoms with Gasteiger partial charge in [-0.2, -0.15) is 9.77 Å². The Bertz CT molecular complexity index is 847. The van der Waals surface area contributed by atoms with Gasteiger partial charge in [0.1, 0.15) is 12.1 Å². The molecule has 2 aromatic heterocycles. The highest BCUT2D eigenvalue weighted by Crippen LogP contribution is 2.10. The van der Waals surface area contributed by atoms with Gasteiger partial charge >= 0.3 is 11.6 Å². The molecule has 1 aromatic carbocycles. The van der Waals surface area contributed by atoms with E-state index >= 15 is 0 Å². The molecule has 112 valence electrons. The lowest BCUT2D eigenvalue weighted by molar-refractivity contribution is 0.0972. The second-order valence-corrected chi connectivity index (χ2v) is 4.64. The van der Waals surface area contributed by atoms with E-state index in [1.807, 2.05) is 30.3 Å². The molecule has 1 N–H and O–H groups in total. The van der Waals surface area contributed by atoms with Crippen molar-refractivity contribution in [3.63, 3.8) is 0 Å². The average Bonchev–Trinajstić information content (AvgIpc) is 3.10. The number of hydrogen-bond acceptors (Lipinski definition) is 5. The van der Waals surface area contributed by atoms with Crippen molar-refractivity contribution in [3.05, 3.63) is 70.6 Å². The Kier molecular flexibility index (Phi) is 3.57. The number of carbonyl (C=O) groups excluding carboxylic acids is 1. The van der Waals surface area contributed by atoms with Crippen LogP contribution in [0.1, 0.15) is 22.0 Å². The zero-order valence-corrected chi connectivity index (χ0v) is 11.8. The largest absolute Gasteiger partial charge is 0.437 e. The highest BCUT2D eigenvalue weighted by atomic mass is 16.4. The molecule has 0 aliphatic carbocycles. The van der Waals surface area contributed by atoms with Gasteiger partial charge in [0.2, 0.25) is 0 Å². The Balaban J connectivity index is 1.72. The molecule has 22 heavy (non-hydrogen) atoms. The van der Waals surface area contributed by atoms with Crippen LogP contribution in [0.15, 0.2) is 52.1 Å². The summed E-state index contributed by atoms with van der Waals surface area (Å²) < 4.78 is 7.46. The summed E-state index contributed by atoms with van der Waals surface area (Å²) in [5, 5.41) is 3.73. The second-order valence-electron chi connectivity index (χ2n) is 4.64. The highest BCUT2D eigenvalue weighted by Gasteiger charge is 2.15. The molecule has 2 heterocycles. The maximum Gasteiger partial charge on any atom is 0.364 e. The van der Waals surface area contributed by atoms with Crippen molar-refractivity contribution >= 4 is 5.91 Å². The van der Waals surface area contributed by atoms with Gasteiger partial charge in [-0.15, -0.1) is 0 Å². The van der Waals surface area contributed by atoms with Crippen molar-refractivity contribution in [2.75, 3.05) is 5.43 Å². The fourth-order valence-corrected chi connectivity index (χ4v) is 1.91.